The standard InChI is InChI=1S/C15H23FN2O2S/c1-11(2)17-10-13-6-7-14(16)9-15(13)21(19,20)18-8-4-5-12(18)3/h6-7,9,11-12,17H,4-5,8,10H2,1-3H3. The van der Waals surface area contributed by atoms with Crippen LogP contribution in [0.4, 0.5) is 4.39 Å². The first kappa shape index (κ1) is 16.4. The fourth-order valence-corrected chi connectivity index (χ4v) is 4.55. The van der Waals surface area contributed by atoms with Gasteiger partial charge in [-0.15, -0.1) is 0 Å². The molecule has 1 fully saturated rings. The zero-order valence-corrected chi connectivity index (χ0v) is 13.6. The van der Waals surface area contributed by atoms with Crippen molar-refractivity contribution in [3.05, 3.63) is 29.6 Å². The molecule has 1 atom stereocenters. The molecule has 0 radical (unpaired) electrons. The smallest absolute Gasteiger partial charge is 0.243 e. The maximum atomic E-state index is 13.6. The molecule has 0 spiro atoms. The topological polar surface area (TPSA) is 49.4 Å². The van der Waals surface area contributed by atoms with E-state index in [-0.39, 0.29) is 17.0 Å². The van der Waals surface area contributed by atoms with Crippen LogP contribution in [0.1, 0.15) is 39.2 Å². The van der Waals surface area contributed by atoms with Crippen LogP contribution in [0.5, 0.6) is 0 Å². The molecule has 1 saturated heterocycles. The Morgan fingerprint density at radius 3 is 2.71 bits per heavy atom. The van der Waals surface area contributed by atoms with Crippen molar-refractivity contribution in [2.45, 2.75) is 57.1 Å². The molecule has 118 valence electrons. The molecule has 1 heterocycles. The Balaban J connectivity index is 2.38. The highest BCUT2D eigenvalue weighted by molar-refractivity contribution is 7.89. The Hall–Kier alpha value is -0.980. The van der Waals surface area contributed by atoms with E-state index in [2.05, 4.69) is 5.32 Å². The number of hydrogen-bond donors (Lipinski definition) is 1. The summed E-state index contributed by atoms with van der Waals surface area (Å²) in [6.07, 6.45) is 1.71. The number of halogens is 1. The van der Waals surface area contributed by atoms with E-state index in [1.54, 1.807) is 6.07 Å². The Morgan fingerprint density at radius 2 is 2.14 bits per heavy atom. The third-order valence-corrected chi connectivity index (χ3v) is 5.90. The van der Waals surface area contributed by atoms with Gasteiger partial charge in [-0.25, -0.2) is 12.8 Å². The fourth-order valence-electron chi connectivity index (χ4n) is 2.62. The van der Waals surface area contributed by atoms with Gasteiger partial charge < -0.3 is 5.32 Å². The second-order valence-electron chi connectivity index (χ2n) is 5.89. The molecule has 0 aliphatic carbocycles. The average Bonchev–Trinajstić information content (AvgIpc) is 2.84. The van der Waals surface area contributed by atoms with Crippen molar-refractivity contribution >= 4 is 10.0 Å². The largest absolute Gasteiger partial charge is 0.310 e. The van der Waals surface area contributed by atoms with E-state index in [0.29, 0.717) is 18.7 Å². The predicted molar refractivity (Wildman–Crippen MR) is 81.0 cm³/mol. The maximum absolute atomic E-state index is 13.6. The molecule has 1 unspecified atom stereocenters. The third-order valence-electron chi connectivity index (χ3n) is 3.81. The van der Waals surface area contributed by atoms with Crippen LogP contribution >= 0.6 is 0 Å². The fraction of sp³-hybridized carbons (Fsp3) is 0.600. The van der Waals surface area contributed by atoms with Crippen LogP contribution in [0.2, 0.25) is 0 Å². The number of benzene rings is 1. The van der Waals surface area contributed by atoms with E-state index in [9.17, 15) is 12.8 Å². The lowest BCUT2D eigenvalue weighted by molar-refractivity contribution is 0.407. The quantitative estimate of drug-likeness (QED) is 0.908. The summed E-state index contributed by atoms with van der Waals surface area (Å²) in [7, 11) is -3.64. The van der Waals surface area contributed by atoms with Crippen molar-refractivity contribution in [2.24, 2.45) is 0 Å². The summed E-state index contributed by atoms with van der Waals surface area (Å²) >= 11 is 0. The third kappa shape index (κ3) is 3.62. The monoisotopic (exact) mass is 314 g/mol. The van der Waals surface area contributed by atoms with Gasteiger partial charge >= 0.3 is 0 Å². The lowest BCUT2D eigenvalue weighted by atomic mass is 10.2. The van der Waals surface area contributed by atoms with E-state index in [1.807, 2.05) is 20.8 Å². The van der Waals surface area contributed by atoms with Gasteiger partial charge in [0.25, 0.3) is 0 Å². The second kappa shape index (κ2) is 6.42. The summed E-state index contributed by atoms with van der Waals surface area (Å²) in [5.41, 5.74) is 0.615. The van der Waals surface area contributed by atoms with Crippen LogP contribution in [0, 0.1) is 5.82 Å². The van der Waals surface area contributed by atoms with Gasteiger partial charge in [-0.3, -0.25) is 0 Å². The molecule has 0 aromatic heterocycles. The van der Waals surface area contributed by atoms with E-state index >= 15 is 0 Å². The van der Waals surface area contributed by atoms with Crippen LogP contribution in [0.25, 0.3) is 0 Å². The van der Waals surface area contributed by atoms with Crippen molar-refractivity contribution in [3.8, 4) is 0 Å². The molecule has 0 amide bonds. The molecule has 6 heteroatoms. The first-order valence-electron chi connectivity index (χ1n) is 7.36. The summed E-state index contributed by atoms with van der Waals surface area (Å²) in [6.45, 7) is 6.79. The lowest BCUT2D eigenvalue weighted by Gasteiger charge is -2.23. The van der Waals surface area contributed by atoms with Crippen molar-refractivity contribution in [1.82, 2.24) is 9.62 Å². The van der Waals surface area contributed by atoms with Crippen LogP contribution < -0.4 is 5.32 Å². The summed E-state index contributed by atoms with van der Waals surface area (Å²) < 4.78 is 40.6. The highest BCUT2D eigenvalue weighted by Crippen LogP contribution is 2.28. The van der Waals surface area contributed by atoms with E-state index in [0.717, 1.165) is 18.9 Å². The Labute approximate surface area is 126 Å². The van der Waals surface area contributed by atoms with Gasteiger partial charge in [0.05, 0.1) is 4.90 Å². The number of rotatable bonds is 5. The van der Waals surface area contributed by atoms with Gasteiger partial charge in [0.1, 0.15) is 5.82 Å². The van der Waals surface area contributed by atoms with Gasteiger partial charge in [-0.2, -0.15) is 4.31 Å². The van der Waals surface area contributed by atoms with Crippen LogP contribution in [-0.4, -0.2) is 31.4 Å². The van der Waals surface area contributed by atoms with E-state index in [1.165, 1.54) is 10.4 Å². The molecule has 0 saturated carbocycles. The minimum Gasteiger partial charge on any atom is -0.310 e. The molecule has 4 nitrogen and oxygen atoms in total. The minimum atomic E-state index is -3.64. The molecule has 1 aliphatic rings. The number of hydrogen-bond acceptors (Lipinski definition) is 3. The van der Waals surface area contributed by atoms with Gasteiger partial charge in [-0.05, 0) is 37.5 Å². The second-order valence-corrected chi connectivity index (χ2v) is 7.75. The molecular weight excluding hydrogens is 291 g/mol. The number of nitrogens with zero attached hydrogens (tertiary/aromatic N) is 1. The van der Waals surface area contributed by atoms with Crippen LogP contribution in [0.15, 0.2) is 23.1 Å². The molecule has 1 aliphatic heterocycles. The maximum Gasteiger partial charge on any atom is 0.243 e. The van der Waals surface area contributed by atoms with Crippen molar-refractivity contribution in [1.29, 1.82) is 0 Å². The summed E-state index contributed by atoms with van der Waals surface area (Å²) in [5.74, 6) is -0.520. The molecule has 1 N–H and O–H groups in total. The molecule has 1 aromatic rings. The minimum absolute atomic E-state index is 0.0239. The SMILES string of the molecule is CC(C)NCc1ccc(F)cc1S(=O)(=O)N1CCCC1C. The Morgan fingerprint density at radius 1 is 1.43 bits per heavy atom. The first-order valence-corrected chi connectivity index (χ1v) is 8.80. The summed E-state index contributed by atoms with van der Waals surface area (Å²) in [5, 5.41) is 3.19. The van der Waals surface area contributed by atoms with Gasteiger partial charge in [0, 0.05) is 25.2 Å². The van der Waals surface area contributed by atoms with E-state index in [4.69, 9.17) is 0 Å². The zero-order chi connectivity index (χ0) is 15.6. The molecule has 1 aromatic carbocycles. The van der Waals surface area contributed by atoms with Crippen LogP contribution in [0.3, 0.4) is 0 Å². The zero-order valence-electron chi connectivity index (χ0n) is 12.8. The highest BCUT2D eigenvalue weighted by Gasteiger charge is 2.34. The van der Waals surface area contributed by atoms with Crippen molar-refractivity contribution in [2.75, 3.05) is 6.54 Å². The van der Waals surface area contributed by atoms with Crippen molar-refractivity contribution < 1.29 is 12.8 Å². The molecule has 0 bridgehead atoms. The van der Waals surface area contributed by atoms with Crippen molar-refractivity contribution in [3.63, 3.8) is 0 Å². The van der Waals surface area contributed by atoms with Gasteiger partial charge in [0.2, 0.25) is 10.0 Å². The van der Waals surface area contributed by atoms with Gasteiger partial charge in [0.15, 0.2) is 0 Å². The highest BCUT2D eigenvalue weighted by atomic mass is 32.2. The normalized spacial score (nSPS) is 20.3. The first-order chi connectivity index (χ1) is 9.82. The average molecular weight is 314 g/mol. The molecule has 21 heavy (non-hydrogen) atoms. The molecular formula is C15H23FN2O2S. The summed E-state index contributed by atoms with van der Waals surface area (Å²) in [6, 6.07) is 4.21. The van der Waals surface area contributed by atoms with Crippen LogP contribution in [-0.2, 0) is 16.6 Å². The van der Waals surface area contributed by atoms with E-state index < -0.39 is 15.8 Å². The van der Waals surface area contributed by atoms with Gasteiger partial charge in [-0.1, -0.05) is 19.9 Å². The lowest BCUT2D eigenvalue weighted by Crippen LogP contribution is -2.35. The summed E-state index contributed by atoms with van der Waals surface area (Å²) in [4.78, 5) is 0.0874. The molecule has 2 rings (SSSR count). The number of sulfonamides is 1. The Kier molecular flexibility index (Phi) is 5.01. The number of nitrogens with one attached hydrogen (secondary N) is 1. The Bertz CT molecular complexity index is 602. The predicted octanol–water partition coefficient (Wildman–Crippen LogP) is 2.50.